The molecule has 0 atom stereocenters. The van der Waals surface area contributed by atoms with Crippen LogP contribution in [0.15, 0.2) is 50.3 Å². The number of rotatable bonds is 3. The van der Waals surface area contributed by atoms with Crippen LogP contribution < -0.4 is 0 Å². The van der Waals surface area contributed by atoms with Crippen LogP contribution in [0.4, 0.5) is 8.78 Å². The minimum Gasteiger partial charge on any atom is -0.360 e. The van der Waals surface area contributed by atoms with Gasteiger partial charge in [0.05, 0.1) is 5.56 Å². The van der Waals surface area contributed by atoms with Crippen molar-refractivity contribution in [2.24, 2.45) is 0 Å². The van der Waals surface area contributed by atoms with Gasteiger partial charge in [-0.1, -0.05) is 33.2 Å². The maximum Gasteiger partial charge on any atom is 0.178 e. The zero-order chi connectivity index (χ0) is 18.4. The second-order valence-electron chi connectivity index (χ2n) is 5.51. The third-order valence-corrected chi connectivity index (χ3v) is 5.26. The molecule has 0 aliphatic carbocycles. The zero-order valence-corrected chi connectivity index (χ0v) is 15.6. The zero-order valence-electron chi connectivity index (χ0n) is 13.2. The first-order valence-electron chi connectivity index (χ1n) is 7.10. The fraction of sp³-hybridized carbons (Fsp3) is 0.118. The van der Waals surface area contributed by atoms with E-state index in [0.29, 0.717) is 23.1 Å². The highest BCUT2D eigenvalue weighted by atomic mass is 79.9. The van der Waals surface area contributed by atoms with Crippen LogP contribution in [-0.2, 0) is 9.84 Å². The molecule has 0 fully saturated rings. The molecular formula is C17H12BrF2NO3S. The van der Waals surface area contributed by atoms with Gasteiger partial charge in [-0.2, -0.15) is 0 Å². The summed E-state index contributed by atoms with van der Waals surface area (Å²) in [6.07, 6.45) is 0.822. The molecule has 0 aliphatic heterocycles. The summed E-state index contributed by atoms with van der Waals surface area (Å²) in [5.74, 6) is -1.61. The molecule has 0 N–H and O–H groups in total. The van der Waals surface area contributed by atoms with E-state index in [4.69, 9.17) is 4.52 Å². The smallest absolute Gasteiger partial charge is 0.178 e. The van der Waals surface area contributed by atoms with E-state index in [0.717, 1.165) is 16.8 Å². The summed E-state index contributed by atoms with van der Waals surface area (Å²) in [5, 5.41) is 3.94. The van der Waals surface area contributed by atoms with E-state index in [1.165, 1.54) is 0 Å². The van der Waals surface area contributed by atoms with E-state index in [-0.39, 0.29) is 11.1 Å². The van der Waals surface area contributed by atoms with Crippen molar-refractivity contribution in [1.82, 2.24) is 5.16 Å². The van der Waals surface area contributed by atoms with Gasteiger partial charge in [0.25, 0.3) is 0 Å². The maximum absolute atomic E-state index is 14.6. The average Bonchev–Trinajstić information content (AvgIpc) is 2.90. The van der Waals surface area contributed by atoms with Gasteiger partial charge in [0.15, 0.2) is 9.84 Å². The van der Waals surface area contributed by atoms with Gasteiger partial charge in [0, 0.05) is 21.9 Å². The molecule has 0 aliphatic rings. The van der Waals surface area contributed by atoms with Gasteiger partial charge in [-0.25, -0.2) is 17.2 Å². The fourth-order valence-corrected chi connectivity index (χ4v) is 3.66. The molecule has 3 aromatic rings. The number of benzene rings is 2. The second kappa shape index (κ2) is 6.34. The number of nitrogens with zero attached hydrogens (tertiary/aromatic N) is 1. The van der Waals surface area contributed by atoms with Crippen molar-refractivity contribution in [3.63, 3.8) is 0 Å². The molecule has 1 heterocycles. The van der Waals surface area contributed by atoms with Crippen molar-refractivity contribution in [3.8, 4) is 22.4 Å². The topological polar surface area (TPSA) is 60.2 Å². The number of sulfone groups is 1. The fourth-order valence-electron chi connectivity index (χ4n) is 2.53. The Morgan fingerprint density at radius 2 is 1.84 bits per heavy atom. The Bertz CT molecular complexity index is 1080. The number of hydrogen-bond donors (Lipinski definition) is 0. The second-order valence-corrected chi connectivity index (χ2v) is 8.41. The molecule has 0 amide bonds. The quantitative estimate of drug-likeness (QED) is 0.604. The largest absolute Gasteiger partial charge is 0.360 e. The van der Waals surface area contributed by atoms with Crippen LogP contribution in [0.3, 0.4) is 0 Å². The molecule has 1 aromatic heterocycles. The van der Waals surface area contributed by atoms with Gasteiger partial charge in [-0.05, 0) is 31.2 Å². The number of hydrogen-bond acceptors (Lipinski definition) is 4. The molecule has 0 bridgehead atoms. The number of halogens is 3. The highest BCUT2D eigenvalue weighted by molar-refractivity contribution is 9.10. The molecule has 0 saturated heterocycles. The predicted molar refractivity (Wildman–Crippen MR) is 92.8 cm³/mol. The summed E-state index contributed by atoms with van der Waals surface area (Å²) in [7, 11) is -3.88. The highest BCUT2D eigenvalue weighted by Crippen LogP contribution is 2.37. The predicted octanol–water partition coefficient (Wildman–Crippen LogP) is 4.76. The van der Waals surface area contributed by atoms with Crippen molar-refractivity contribution < 1.29 is 21.7 Å². The average molecular weight is 428 g/mol. The first kappa shape index (κ1) is 17.8. The molecule has 0 spiro atoms. The van der Waals surface area contributed by atoms with Gasteiger partial charge < -0.3 is 4.52 Å². The minimum atomic E-state index is -3.88. The third kappa shape index (κ3) is 3.36. The van der Waals surface area contributed by atoms with Gasteiger partial charge in [0.1, 0.15) is 28.0 Å². The molecule has 2 aromatic carbocycles. The summed E-state index contributed by atoms with van der Waals surface area (Å²) < 4.78 is 57.9. The Balaban J connectivity index is 2.25. The lowest BCUT2D eigenvalue weighted by atomic mass is 9.99. The maximum atomic E-state index is 14.6. The Morgan fingerprint density at radius 1 is 1.12 bits per heavy atom. The van der Waals surface area contributed by atoms with Crippen LogP contribution in [0.5, 0.6) is 0 Å². The highest BCUT2D eigenvalue weighted by Gasteiger charge is 2.24. The van der Waals surface area contributed by atoms with E-state index in [9.17, 15) is 17.2 Å². The van der Waals surface area contributed by atoms with Crippen LogP contribution >= 0.6 is 15.9 Å². The van der Waals surface area contributed by atoms with E-state index in [1.807, 2.05) is 6.07 Å². The summed E-state index contributed by atoms with van der Waals surface area (Å²) >= 11 is 3.35. The number of aryl methyl sites for hydroxylation is 1. The summed E-state index contributed by atoms with van der Waals surface area (Å²) in [6.45, 7) is 1.58. The van der Waals surface area contributed by atoms with Gasteiger partial charge in [0.2, 0.25) is 0 Å². The molecular weight excluding hydrogens is 416 g/mol. The van der Waals surface area contributed by atoms with Crippen molar-refractivity contribution in [3.05, 3.63) is 58.3 Å². The van der Waals surface area contributed by atoms with Gasteiger partial charge >= 0.3 is 0 Å². The lowest BCUT2D eigenvalue weighted by Gasteiger charge is -2.08. The molecule has 0 radical (unpaired) electrons. The van der Waals surface area contributed by atoms with Crippen LogP contribution in [0, 0.1) is 18.6 Å². The van der Waals surface area contributed by atoms with Gasteiger partial charge in [-0.15, -0.1) is 0 Å². The van der Waals surface area contributed by atoms with Crippen LogP contribution in [0.1, 0.15) is 5.76 Å². The monoisotopic (exact) mass is 427 g/mol. The Hall–Kier alpha value is -2.06. The van der Waals surface area contributed by atoms with E-state index < -0.39 is 26.4 Å². The molecule has 0 unspecified atom stereocenters. The molecule has 3 rings (SSSR count). The summed E-state index contributed by atoms with van der Waals surface area (Å²) in [4.78, 5) is -0.688. The Morgan fingerprint density at radius 3 is 2.48 bits per heavy atom. The lowest BCUT2D eigenvalue weighted by molar-refractivity contribution is 0.400. The summed E-state index contributed by atoms with van der Waals surface area (Å²) in [5.41, 5.74) is 1.14. The van der Waals surface area contributed by atoms with E-state index >= 15 is 0 Å². The van der Waals surface area contributed by atoms with Crippen molar-refractivity contribution in [2.45, 2.75) is 11.8 Å². The van der Waals surface area contributed by atoms with E-state index in [1.54, 1.807) is 25.1 Å². The third-order valence-electron chi connectivity index (χ3n) is 3.65. The number of aromatic nitrogens is 1. The standard InChI is InChI=1S/C17H12BrF2NO3S/c1-9-16(17(21-24-9)10-4-3-5-11(18)6-10)12-7-14(20)15(8-13(12)19)25(2,22)23/h3-8H,1-2H3. The van der Waals surface area contributed by atoms with E-state index in [2.05, 4.69) is 21.1 Å². The first-order chi connectivity index (χ1) is 11.7. The Labute approximate surface area is 151 Å². The van der Waals surface area contributed by atoms with Crippen molar-refractivity contribution >= 4 is 25.8 Å². The SMILES string of the molecule is Cc1onc(-c2cccc(Br)c2)c1-c1cc(F)c(S(C)(=O)=O)cc1F. The van der Waals surface area contributed by atoms with Crippen LogP contribution in [0.2, 0.25) is 0 Å². The molecule has 25 heavy (non-hydrogen) atoms. The Kier molecular flexibility index (Phi) is 4.51. The molecule has 130 valence electrons. The van der Waals surface area contributed by atoms with Crippen LogP contribution in [0.25, 0.3) is 22.4 Å². The molecule has 0 saturated carbocycles. The van der Waals surface area contributed by atoms with Crippen molar-refractivity contribution in [2.75, 3.05) is 6.26 Å². The molecule has 4 nitrogen and oxygen atoms in total. The lowest BCUT2D eigenvalue weighted by Crippen LogP contribution is -2.03. The van der Waals surface area contributed by atoms with Crippen LogP contribution in [-0.4, -0.2) is 19.8 Å². The van der Waals surface area contributed by atoms with Crippen molar-refractivity contribution in [1.29, 1.82) is 0 Å². The molecule has 8 heteroatoms. The summed E-state index contributed by atoms with van der Waals surface area (Å²) in [6, 6.07) is 8.64. The first-order valence-corrected chi connectivity index (χ1v) is 9.78. The van der Waals surface area contributed by atoms with Gasteiger partial charge in [-0.3, -0.25) is 0 Å². The minimum absolute atomic E-state index is 0.112. The normalized spacial score (nSPS) is 11.7.